The Morgan fingerprint density at radius 2 is 2.00 bits per heavy atom. The first-order valence-corrected chi connectivity index (χ1v) is 7.29. The molecular formula is C14H24N2O3. The van der Waals surface area contributed by atoms with Crippen LogP contribution < -0.4 is 5.32 Å². The topological polar surface area (TPSA) is 58.6 Å². The van der Waals surface area contributed by atoms with Gasteiger partial charge in [0.15, 0.2) is 0 Å². The Morgan fingerprint density at radius 3 is 2.63 bits per heavy atom. The summed E-state index contributed by atoms with van der Waals surface area (Å²) in [5.74, 6) is 0.570. The van der Waals surface area contributed by atoms with Crippen LogP contribution in [-0.2, 0) is 14.3 Å². The fourth-order valence-electron chi connectivity index (χ4n) is 2.86. The Balaban J connectivity index is 2.05. The Morgan fingerprint density at radius 1 is 1.32 bits per heavy atom. The van der Waals surface area contributed by atoms with Crippen molar-refractivity contribution < 1.29 is 14.3 Å². The van der Waals surface area contributed by atoms with Crippen molar-refractivity contribution in [3.05, 3.63) is 0 Å². The fourth-order valence-corrected chi connectivity index (χ4v) is 2.86. The minimum absolute atomic E-state index is 0.00750. The van der Waals surface area contributed by atoms with Crippen LogP contribution in [0.5, 0.6) is 0 Å². The fraction of sp³-hybridized carbons (Fsp3) is 0.857. The van der Waals surface area contributed by atoms with E-state index in [1.165, 1.54) is 0 Å². The SMILES string of the molecule is CCC1NC(=O)CC(C)N(CC2CCOCC2)C1=O. The second-order valence-electron chi connectivity index (χ2n) is 5.63. The summed E-state index contributed by atoms with van der Waals surface area (Å²) in [4.78, 5) is 26.1. The van der Waals surface area contributed by atoms with Gasteiger partial charge in [-0.25, -0.2) is 0 Å². The third-order valence-corrected chi connectivity index (χ3v) is 4.13. The van der Waals surface area contributed by atoms with Crippen molar-refractivity contribution in [3.63, 3.8) is 0 Å². The Kier molecular flexibility index (Phi) is 4.80. The highest BCUT2D eigenvalue weighted by atomic mass is 16.5. The zero-order valence-corrected chi connectivity index (χ0v) is 11.9. The molecule has 2 atom stereocenters. The highest BCUT2D eigenvalue weighted by Gasteiger charge is 2.34. The molecule has 2 aliphatic heterocycles. The van der Waals surface area contributed by atoms with E-state index in [4.69, 9.17) is 4.74 Å². The molecule has 108 valence electrons. The number of amides is 2. The third kappa shape index (κ3) is 3.47. The predicted molar refractivity (Wildman–Crippen MR) is 71.6 cm³/mol. The summed E-state index contributed by atoms with van der Waals surface area (Å²) in [7, 11) is 0. The number of hydrogen-bond donors (Lipinski definition) is 1. The van der Waals surface area contributed by atoms with Gasteiger partial charge in [0.1, 0.15) is 6.04 Å². The summed E-state index contributed by atoms with van der Waals surface area (Å²) in [6.07, 6.45) is 3.08. The van der Waals surface area contributed by atoms with Crippen LogP contribution in [-0.4, -0.2) is 48.6 Å². The van der Waals surface area contributed by atoms with Crippen LogP contribution in [0.15, 0.2) is 0 Å². The van der Waals surface area contributed by atoms with Gasteiger partial charge in [-0.2, -0.15) is 0 Å². The van der Waals surface area contributed by atoms with E-state index < -0.39 is 0 Å². The largest absolute Gasteiger partial charge is 0.381 e. The monoisotopic (exact) mass is 268 g/mol. The predicted octanol–water partition coefficient (Wildman–Crippen LogP) is 0.929. The van der Waals surface area contributed by atoms with Crippen molar-refractivity contribution in [3.8, 4) is 0 Å². The number of nitrogens with zero attached hydrogens (tertiary/aromatic N) is 1. The summed E-state index contributed by atoms with van der Waals surface area (Å²) >= 11 is 0. The highest BCUT2D eigenvalue weighted by Crippen LogP contribution is 2.20. The van der Waals surface area contributed by atoms with Crippen LogP contribution >= 0.6 is 0 Å². The van der Waals surface area contributed by atoms with Crippen LogP contribution in [0, 0.1) is 5.92 Å². The van der Waals surface area contributed by atoms with Crippen molar-refractivity contribution in [1.82, 2.24) is 10.2 Å². The molecule has 2 aliphatic rings. The quantitative estimate of drug-likeness (QED) is 0.828. The van der Waals surface area contributed by atoms with Crippen LogP contribution in [0.25, 0.3) is 0 Å². The average molecular weight is 268 g/mol. The van der Waals surface area contributed by atoms with E-state index in [2.05, 4.69) is 5.32 Å². The molecule has 5 heteroatoms. The van der Waals surface area contributed by atoms with Crippen LogP contribution in [0.1, 0.15) is 39.5 Å². The van der Waals surface area contributed by atoms with Crippen molar-refractivity contribution >= 4 is 11.8 Å². The molecule has 0 bridgehead atoms. The average Bonchev–Trinajstić information content (AvgIpc) is 2.51. The first kappa shape index (κ1) is 14.3. The number of ether oxygens (including phenoxy) is 1. The van der Waals surface area contributed by atoms with E-state index in [1.54, 1.807) is 0 Å². The molecule has 0 saturated carbocycles. The number of nitrogens with one attached hydrogen (secondary N) is 1. The molecule has 0 spiro atoms. The second-order valence-corrected chi connectivity index (χ2v) is 5.63. The lowest BCUT2D eigenvalue weighted by Gasteiger charge is -2.33. The minimum atomic E-state index is -0.350. The summed E-state index contributed by atoms with van der Waals surface area (Å²) in [6.45, 7) is 6.24. The van der Waals surface area contributed by atoms with Gasteiger partial charge in [0, 0.05) is 32.2 Å². The van der Waals surface area contributed by atoms with Gasteiger partial charge in [-0.1, -0.05) is 6.92 Å². The lowest BCUT2D eigenvalue weighted by atomic mass is 9.98. The van der Waals surface area contributed by atoms with Crippen molar-refractivity contribution in [2.24, 2.45) is 5.92 Å². The molecular weight excluding hydrogens is 244 g/mol. The molecule has 2 fully saturated rings. The second kappa shape index (κ2) is 6.37. The molecule has 0 aromatic heterocycles. The Bertz CT molecular complexity index is 340. The zero-order chi connectivity index (χ0) is 13.8. The van der Waals surface area contributed by atoms with Gasteiger partial charge in [-0.15, -0.1) is 0 Å². The van der Waals surface area contributed by atoms with E-state index in [9.17, 15) is 9.59 Å². The molecule has 2 rings (SSSR count). The first-order valence-electron chi connectivity index (χ1n) is 7.29. The van der Waals surface area contributed by atoms with Crippen molar-refractivity contribution in [1.29, 1.82) is 0 Å². The summed E-state index contributed by atoms with van der Waals surface area (Å²) in [5.41, 5.74) is 0. The molecule has 0 radical (unpaired) electrons. The van der Waals surface area contributed by atoms with Gasteiger partial charge in [0.2, 0.25) is 11.8 Å². The van der Waals surface area contributed by atoms with E-state index in [0.717, 1.165) is 32.6 Å². The first-order chi connectivity index (χ1) is 9.11. The van der Waals surface area contributed by atoms with E-state index in [0.29, 0.717) is 18.8 Å². The van der Waals surface area contributed by atoms with Crippen LogP contribution in [0.3, 0.4) is 0 Å². The summed E-state index contributed by atoms with van der Waals surface area (Å²) < 4.78 is 5.36. The molecule has 5 nitrogen and oxygen atoms in total. The summed E-state index contributed by atoms with van der Waals surface area (Å²) in [6, 6.07) is -0.357. The number of hydrogen-bond acceptors (Lipinski definition) is 3. The molecule has 0 aliphatic carbocycles. The maximum Gasteiger partial charge on any atom is 0.245 e. The van der Waals surface area contributed by atoms with Gasteiger partial charge in [-0.3, -0.25) is 9.59 Å². The normalized spacial score (nSPS) is 30.1. The minimum Gasteiger partial charge on any atom is -0.381 e. The van der Waals surface area contributed by atoms with E-state index >= 15 is 0 Å². The number of carbonyl (C=O) groups excluding carboxylic acids is 2. The maximum absolute atomic E-state index is 12.5. The lowest BCUT2D eigenvalue weighted by molar-refractivity contribution is -0.136. The lowest BCUT2D eigenvalue weighted by Crippen LogP contribution is -2.48. The summed E-state index contributed by atoms with van der Waals surface area (Å²) in [5, 5.41) is 2.82. The molecule has 0 aromatic rings. The molecule has 19 heavy (non-hydrogen) atoms. The molecule has 2 heterocycles. The van der Waals surface area contributed by atoms with E-state index in [-0.39, 0.29) is 23.9 Å². The van der Waals surface area contributed by atoms with Crippen LogP contribution in [0.2, 0.25) is 0 Å². The van der Waals surface area contributed by atoms with E-state index in [1.807, 2.05) is 18.7 Å². The Hall–Kier alpha value is -1.10. The van der Waals surface area contributed by atoms with Crippen LogP contribution in [0.4, 0.5) is 0 Å². The van der Waals surface area contributed by atoms with Gasteiger partial charge < -0.3 is 15.0 Å². The smallest absolute Gasteiger partial charge is 0.245 e. The zero-order valence-electron chi connectivity index (χ0n) is 11.9. The number of carbonyl (C=O) groups is 2. The van der Waals surface area contributed by atoms with Gasteiger partial charge in [-0.05, 0) is 32.1 Å². The number of rotatable bonds is 3. The maximum atomic E-state index is 12.5. The highest BCUT2D eigenvalue weighted by molar-refractivity contribution is 5.90. The molecule has 2 saturated heterocycles. The van der Waals surface area contributed by atoms with Crippen molar-refractivity contribution in [2.75, 3.05) is 19.8 Å². The van der Waals surface area contributed by atoms with Gasteiger partial charge in [0.25, 0.3) is 0 Å². The van der Waals surface area contributed by atoms with Crippen molar-refractivity contribution in [2.45, 2.75) is 51.6 Å². The third-order valence-electron chi connectivity index (χ3n) is 4.13. The molecule has 2 amide bonds. The molecule has 1 N–H and O–H groups in total. The van der Waals surface area contributed by atoms with Gasteiger partial charge in [0.05, 0.1) is 0 Å². The van der Waals surface area contributed by atoms with Gasteiger partial charge >= 0.3 is 0 Å². The Labute approximate surface area is 114 Å². The molecule has 0 aromatic carbocycles. The molecule has 2 unspecified atom stereocenters. The standard InChI is InChI=1S/C14H24N2O3/c1-3-12-14(18)16(10(2)8-13(17)15-12)9-11-4-6-19-7-5-11/h10-12H,3-9H2,1-2H3,(H,15,17).